The van der Waals surface area contributed by atoms with E-state index in [1.54, 1.807) is 0 Å². The van der Waals surface area contributed by atoms with Crippen LogP contribution in [0.25, 0.3) is 0 Å². The fourth-order valence-corrected chi connectivity index (χ4v) is 13.0. The molecule has 3 unspecified atom stereocenters. The van der Waals surface area contributed by atoms with Crippen LogP contribution in [-0.2, 0) is 65.4 Å². The fraction of sp³-hybridized carbons (Fsp3) is 0.947. The topological polar surface area (TPSA) is 237 Å². The number of ether oxygens (including phenoxy) is 4. The van der Waals surface area contributed by atoms with Crippen molar-refractivity contribution in [3.8, 4) is 0 Å². The summed E-state index contributed by atoms with van der Waals surface area (Å²) < 4.78 is 68.5. The molecule has 0 saturated heterocycles. The lowest BCUT2D eigenvalue weighted by Crippen LogP contribution is -2.30. The van der Waals surface area contributed by atoms with Crippen molar-refractivity contribution in [2.75, 3.05) is 39.6 Å². The van der Waals surface area contributed by atoms with E-state index in [9.17, 15) is 43.2 Å². The van der Waals surface area contributed by atoms with Crippen LogP contribution >= 0.6 is 15.6 Å². The highest BCUT2D eigenvalue weighted by Gasteiger charge is 2.30. The van der Waals surface area contributed by atoms with Gasteiger partial charge in [-0.1, -0.05) is 337 Å². The maximum atomic E-state index is 13.1. The molecule has 3 N–H and O–H groups in total. The van der Waals surface area contributed by atoms with Gasteiger partial charge >= 0.3 is 39.5 Å². The molecule has 0 radical (unpaired) electrons. The van der Waals surface area contributed by atoms with Gasteiger partial charge in [0.25, 0.3) is 0 Å². The van der Waals surface area contributed by atoms with E-state index in [1.807, 2.05) is 0 Å². The number of rotatable bonds is 74. The molecule has 17 nitrogen and oxygen atoms in total. The minimum Gasteiger partial charge on any atom is -0.462 e. The molecule has 0 amide bonds. The molecule has 0 aliphatic heterocycles. The minimum atomic E-state index is -4.96. The van der Waals surface area contributed by atoms with Crippen molar-refractivity contribution in [1.29, 1.82) is 0 Å². The molecule has 0 spiro atoms. The molecule has 0 bridgehead atoms. The van der Waals surface area contributed by atoms with E-state index in [4.69, 9.17) is 37.0 Å². The molecule has 0 saturated carbocycles. The molecule has 0 aliphatic rings. The molecule has 0 aliphatic carbocycles. The van der Waals surface area contributed by atoms with Crippen molar-refractivity contribution in [2.24, 2.45) is 11.8 Å². The first-order chi connectivity index (χ1) is 45.4. The van der Waals surface area contributed by atoms with E-state index in [-0.39, 0.29) is 25.7 Å². The van der Waals surface area contributed by atoms with Crippen molar-refractivity contribution < 1.29 is 80.2 Å². The van der Waals surface area contributed by atoms with E-state index in [2.05, 4.69) is 41.5 Å². The van der Waals surface area contributed by atoms with Crippen molar-refractivity contribution in [1.82, 2.24) is 0 Å². The average molecular weight is 1380 g/mol. The van der Waals surface area contributed by atoms with Crippen molar-refractivity contribution in [3.63, 3.8) is 0 Å². The number of hydrogen-bond donors (Lipinski definition) is 3. The van der Waals surface area contributed by atoms with E-state index in [1.165, 1.54) is 199 Å². The van der Waals surface area contributed by atoms with Gasteiger partial charge < -0.3 is 33.8 Å². The van der Waals surface area contributed by atoms with Crippen LogP contribution in [0.1, 0.15) is 388 Å². The summed E-state index contributed by atoms with van der Waals surface area (Å²) in [5, 5.41) is 10.6. The van der Waals surface area contributed by atoms with E-state index in [0.29, 0.717) is 25.7 Å². The Morgan fingerprint density at radius 3 is 0.809 bits per heavy atom. The summed E-state index contributed by atoms with van der Waals surface area (Å²) in [5.41, 5.74) is 0. The van der Waals surface area contributed by atoms with E-state index in [0.717, 1.165) is 108 Å². The third kappa shape index (κ3) is 67.3. The van der Waals surface area contributed by atoms with Crippen LogP contribution in [-0.4, -0.2) is 96.7 Å². The van der Waals surface area contributed by atoms with Crippen LogP contribution < -0.4 is 0 Å². The Kier molecular flexibility index (Phi) is 65.5. The lowest BCUT2D eigenvalue weighted by molar-refractivity contribution is -0.161. The predicted molar refractivity (Wildman–Crippen MR) is 381 cm³/mol. The Labute approximate surface area is 575 Å². The highest BCUT2D eigenvalue weighted by atomic mass is 31.2. The normalized spacial score (nSPS) is 14.3. The molecular weight excluding hydrogens is 1230 g/mol. The molecule has 0 aromatic heterocycles. The molecule has 0 aromatic rings. The second kappa shape index (κ2) is 66.9. The quantitative estimate of drug-likeness (QED) is 0.0222. The van der Waals surface area contributed by atoms with Gasteiger partial charge in [-0.25, -0.2) is 9.13 Å². The summed E-state index contributed by atoms with van der Waals surface area (Å²) in [6, 6.07) is 0. The highest BCUT2D eigenvalue weighted by molar-refractivity contribution is 7.47. The number of phosphoric ester groups is 2. The summed E-state index contributed by atoms with van der Waals surface area (Å²) in [7, 11) is -9.91. The Bertz CT molecular complexity index is 1820. The number of carbonyl (C=O) groups is 4. The molecule has 6 atom stereocenters. The molecule has 19 heteroatoms. The van der Waals surface area contributed by atoms with Gasteiger partial charge in [-0.3, -0.25) is 37.3 Å². The van der Waals surface area contributed by atoms with E-state index >= 15 is 0 Å². The van der Waals surface area contributed by atoms with Crippen molar-refractivity contribution in [2.45, 2.75) is 407 Å². The van der Waals surface area contributed by atoms with E-state index < -0.39 is 97.5 Å². The Morgan fingerprint density at radius 1 is 0.309 bits per heavy atom. The van der Waals surface area contributed by atoms with Crippen molar-refractivity contribution in [3.05, 3.63) is 0 Å². The molecule has 0 aromatic carbocycles. The molecule has 94 heavy (non-hydrogen) atoms. The lowest BCUT2D eigenvalue weighted by atomic mass is 10.00. The monoisotopic (exact) mass is 1380 g/mol. The summed E-state index contributed by atoms with van der Waals surface area (Å²) in [5.74, 6) is -0.576. The largest absolute Gasteiger partial charge is 0.472 e. The number of aliphatic hydroxyl groups is 1. The van der Waals surface area contributed by atoms with Gasteiger partial charge in [-0.05, 0) is 37.5 Å². The van der Waals surface area contributed by atoms with Crippen LogP contribution in [0.5, 0.6) is 0 Å². The van der Waals surface area contributed by atoms with Crippen molar-refractivity contribution >= 4 is 39.5 Å². The van der Waals surface area contributed by atoms with Gasteiger partial charge in [-0.2, -0.15) is 0 Å². The van der Waals surface area contributed by atoms with Gasteiger partial charge in [0.05, 0.1) is 26.4 Å². The van der Waals surface area contributed by atoms with Crippen LogP contribution in [0, 0.1) is 11.8 Å². The predicted octanol–water partition coefficient (Wildman–Crippen LogP) is 21.9. The first-order valence-corrected chi connectivity index (χ1v) is 42.0. The van der Waals surface area contributed by atoms with Crippen LogP contribution in [0.2, 0.25) is 0 Å². The van der Waals surface area contributed by atoms with Crippen LogP contribution in [0.15, 0.2) is 0 Å². The van der Waals surface area contributed by atoms with Gasteiger partial charge in [0.15, 0.2) is 12.2 Å². The Morgan fingerprint density at radius 2 is 0.543 bits per heavy atom. The zero-order chi connectivity index (χ0) is 69.3. The number of carbonyl (C=O) groups excluding carboxylic acids is 4. The fourth-order valence-electron chi connectivity index (χ4n) is 11.4. The molecular formula is C75H146O17P2. The zero-order valence-electron chi connectivity index (χ0n) is 61.3. The summed E-state index contributed by atoms with van der Waals surface area (Å²) in [6.07, 6.45) is 54.0. The first kappa shape index (κ1) is 92.1. The second-order valence-electron chi connectivity index (χ2n) is 27.8. The standard InChI is InChI=1S/C75H146O17P2/c1-7-10-12-14-16-18-20-26-31-34-38-45-51-57-72(77)85-63-70(91-75(80)60-54-48-40-36-32-28-25-23-22-24-27-29-33-37-43-49-55-67(4)5)65-89-93(81,82)87-61-69(76)62-88-94(83,84)90-66-71(64-86-73(78)58-52-46-42-41-44-50-56-68(6)9-3)92-74(79)59-53-47-39-35-30-21-19-17-15-13-11-8-2/h67-71,76H,7-66H2,1-6H3,(H,81,82)(H,83,84)/t68?,69-,70-,71-/m1/s1. The number of hydrogen-bond acceptors (Lipinski definition) is 15. The molecule has 0 rings (SSSR count). The van der Waals surface area contributed by atoms with Crippen LogP contribution in [0.4, 0.5) is 0 Å². The first-order valence-electron chi connectivity index (χ1n) is 39.0. The Balaban J connectivity index is 5.23. The SMILES string of the molecule is CCCCCCCCCCCCCCCC(=O)OC[C@H](COP(=O)(O)OC[C@@H](O)COP(=O)(O)OC[C@@H](COC(=O)CCCCCCCCC(C)CC)OC(=O)CCCCCCCCCCCCCC)OC(=O)CCCCCCCCCCCCCCCCCCC(C)C. The number of phosphoric acid groups is 2. The van der Waals surface area contributed by atoms with Gasteiger partial charge in [0.2, 0.25) is 0 Å². The molecule has 0 heterocycles. The summed E-state index contributed by atoms with van der Waals surface area (Å²) >= 11 is 0. The Hall–Kier alpha value is -1.94. The third-order valence-electron chi connectivity index (χ3n) is 17.8. The van der Waals surface area contributed by atoms with Gasteiger partial charge in [0.1, 0.15) is 19.3 Å². The van der Waals surface area contributed by atoms with Gasteiger partial charge in [0, 0.05) is 25.7 Å². The summed E-state index contributed by atoms with van der Waals surface area (Å²) in [4.78, 5) is 72.7. The maximum absolute atomic E-state index is 13.1. The smallest absolute Gasteiger partial charge is 0.462 e. The second-order valence-corrected chi connectivity index (χ2v) is 30.7. The number of esters is 4. The summed E-state index contributed by atoms with van der Waals surface area (Å²) in [6.45, 7) is 9.58. The maximum Gasteiger partial charge on any atom is 0.472 e. The minimum absolute atomic E-state index is 0.107. The zero-order valence-corrected chi connectivity index (χ0v) is 63.1. The average Bonchev–Trinajstić information content (AvgIpc) is 1.72. The number of aliphatic hydroxyl groups excluding tert-OH is 1. The molecule has 558 valence electrons. The third-order valence-corrected chi connectivity index (χ3v) is 19.7. The highest BCUT2D eigenvalue weighted by Crippen LogP contribution is 2.45. The number of unbranched alkanes of at least 4 members (excludes halogenated alkanes) is 43. The van der Waals surface area contributed by atoms with Gasteiger partial charge in [-0.15, -0.1) is 0 Å². The molecule has 0 fully saturated rings. The van der Waals surface area contributed by atoms with Crippen LogP contribution in [0.3, 0.4) is 0 Å². The lowest BCUT2D eigenvalue weighted by Gasteiger charge is -2.21.